The molecule has 0 aromatic heterocycles. The van der Waals surface area contributed by atoms with E-state index in [0.29, 0.717) is 12.8 Å². The van der Waals surface area contributed by atoms with Gasteiger partial charge in [-0.3, -0.25) is 4.79 Å². The third-order valence-electron chi connectivity index (χ3n) is 4.03. The third-order valence-corrected chi connectivity index (χ3v) is 4.03. The summed E-state index contributed by atoms with van der Waals surface area (Å²) in [6.45, 7) is 0. The maximum atomic E-state index is 12.7. The number of nitriles is 1. The first-order valence-electron chi connectivity index (χ1n) is 6.94. The van der Waals surface area contributed by atoms with Crippen molar-refractivity contribution in [2.24, 2.45) is 5.41 Å². The zero-order valence-electron chi connectivity index (χ0n) is 11.4. The summed E-state index contributed by atoms with van der Waals surface area (Å²) >= 11 is 0. The molecule has 0 N–H and O–H groups in total. The van der Waals surface area contributed by atoms with Crippen LogP contribution in [0.4, 0.5) is 5.69 Å². The molecule has 0 aliphatic heterocycles. The fourth-order valence-electron chi connectivity index (χ4n) is 2.80. The Morgan fingerprint density at radius 1 is 1.16 bits per heavy atom. The van der Waals surface area contributed by atoms with Gasteiger partial charge in [-0.15, -0.1) is 0 Å². The quantitative estimate of drug-likeness (QED) is 0.760. The van der Waals surface area contributed by atoms with Crippen molar-refractivity contribution in [1.82, 2.24) is 0 Å². The van der Waals surface area contributed by atoms with Gasteiger partial charge < -0.3 is 4.90 Å². The second kappa shape index (κ2) is 5.88. The average molecular weight is 256 g/mol. The van der Waals surface area contributed by atoms with Crippen LogP contribution in [-0.2, 0) is 4.79 Å². The Kier molecular flexibility index (Phi) is 4.21. The lowest BCUT2D eigenvalue weighted by molar-refractivity contribution is -0.125. The zero-order chi connectivity index (χ0) is 13.7. The number of hydrogen-bond acceptors (Lipinski definition) is 2. The van der Waals surface area contributed by atoms with E-state index in [9.17, 15) is 10.1 Å². The number of carbonyl (C=O) groups is 1. The highest BCUT2D eigenvalue weighted by atomic mass is 16.2. The highest BCUT2D eigenvalue weighted by molar-refractivity contribution is 5.98. The van der Waals surface area contributed by atoms with Gasteiger partial charge in [-0.2, -0.15) is 5.26 Å². The SMILES string of the molecule is CN(C(=O)C1(C#N)CCCCCC1)c1ccccc1. The van der Waals surface area contributed by atoms with Crippen molar-refractivity contribution in [3.8, 4) is 6.07 Å². The number of nitrogens with zero attached hydrogens (tertiary/aromatic N) is 2. The third kappa shape index (κ3) is 2.78. The Hall–Kier alpha value is -1.82. The van der Waals surface area contributed by atoms with Gasteiger partial charge in [-0.1, -0.05) is 43.9 Å². The van der Waals surface area contributed by atoms with Crippen LogP contribution in [0.1, 0.15) is 38.5 Å². The highest BCUT2D eigenvalue weighted by Crippen LogP contribution is 2.36. The molecule has 0 saturated heterocycles. The Balaban J connectivity index is 2.23. The lowest BCUT2D eigenvalue weighted by atomic mass is 9.80. The summed E-state index contributed by atoms with van der Waals surface area (Å²) in [6.07, 6.45) is 5.60. The van der Waals surface area contributed by atoms with Gasteiger partial charge in [0.25, 0.3) is 0 Å². The molecular weight excluding hydrogens is 236 g/mol. The molecule has 3 nitrogen and oxygen atoms in total. The molecule has 1 aromatic carbocycles. The Bertz CT molecular complexity index is 467. The van der Waals surface area contributed by atoms with Gasteiger partial charge in [0.2, 0.25) is 5.91 Å². The fraction of sp³-hybridized carbons (Fsp3) is 0.500. The summed E-state index contributed by atoms with van der Waals surface area (Å²) in [4.78, 5) is 14.3. The van der Waals surface area contributed by atoms with Crippen LogP contribution in [0.2, 0.25) is 0 Å². The van der Waals surface area contributed by atoms with Crippen LogP contribution in [0.15, 0.2) is 30.3 Å². The van der Waals surface area contributed by atoms with Gasteiger partial charge >= 0.3 is 0 Å². The van der Waals surface area contributed by atoms with Gasteiger partial charge in [0.1, 0.15) is 5.41 Å². The largest absolute Gasteiger partial charge is 0.314 e. The monoisotopic (exact) mass is 256 g/mol. The minimum absolute atomic E-state index is 0.0527. The molecule has 0 unspecified atom stereocenters. The number of rotatable bonds is 2. The van der Waals surface area contributed by atoms with Crippen molar-refractivity contribution in [1.29, 1.82) is 5.26 Å². The summed E-state index contributed by atoms with van der Waals surface area (Å²) in [6, 6.07) is 11.9. The Morgan fingerprint density at radius 2 is 1.74 bits per heavy atom. The van der Waals surface area contributed by atoms with E-state index in [1.165, 1.54) is 0 Å². The molecule has 2 rings (SSSR count). The molecule has 1 fully saturated rings. The molecule has 0 bridgehead atoms. The van der Waals surface area contributed by atoms with Crippen molar-refractivity contribution in [3.63, 3.8) is 0 Å². The summed E-state index contributed by atoms with van der Waals surface area (Å²) in [5.74, 6) is -0.0527. The van der Waals surface area contributed by atoms with Crippen LogP contribution in [-0.4, -0.2) is 13.0 Å². The van der Waals surface area contributed by atoms with E-state index < -0.39 is 5.41 Å². The van der Waals surface area contributed by atoms with Crippen LogP contribution in [0.3, 0.4) is 0 Å². The molecule has 1 amide bonds. The molecular formula is C16H20N2O. The first kappa shape index (κ1) is 13.6. The summed E-state index contributed by atoms with van der Waals surface area (Å²) in [5, 5.41) is 9.54. The smallest absolute Gasteiger partial charge is 0.247 e. The summed E-state index contributed by atoms with van der Waals surface area (Å²) in [5.41, 5.74) is 0.0348. The van der Waals surface area contributed by atoms with E-state index in [-0.39, 0.29) is 5.91 Å². The van der Waals surface area contributed by atoms with E-state index in [4.69, 9.17) is 0 Å². The van der Waals surface area contributed by atoms with E-state index in [0.717, 1.165) is 31.4 Å². The van der Waals surface area contributed by atoms with Crippen LogP contribution >= 0.6 is 0 Å². The first-order valence-corrected chi connectivity index (χ1v) is 6.94. The number of anilines is 1. The van der Waals surface area contributed by atoms with Crippen LogP contribution in [0, 0.1) is 16.7 Å². The molecule has 1 aliphatic rings. The van der Waals surface area contributed by atoms with Gasteiger partial charge in [0, 0.05) is 12.7 Å². The molecule has 0 spiro atoms. The van der Waals surface area contributed by atoms with Crippen molar-refractivity contribution in [3.05, 3.63) is 30.3 Å². The van der Waals surface area contributed by atoms with Crippen molar-refractivity contribution < 1.29 is 4.79 Å². The standard InChI is InChI=1S/C16H20N2O/c1-18(14-9-5-4-6-10-14)15(19)16(13-17)11-7-2-3-8-12-16/h4-6,9-10H,2-3,7-8,11-12H2,1H3. The zero-order valence-corrected chi connectivity index (χ0v) is 11.4. The lowest BCUT2D eigenvalue weighted by Gasteiger charge is -2.29. The predicted octanol–water partition coefficient (Wildman–Crippen LogP) is 3.51. The van der Waals surface area contributed by atoms with Crippen LogP contribution in [0.25, 0.3) is 0 Å². The second-order valence-electron chi connectivity index (χ2n) is 5.31. The molecule has 0 radical (unpaired) electrons. The van der Waals surface area contributed by atoms with E-state index in [1.807, 2.05) is 30.3 Å². The van der Waals surface area contributed by atoms with Crippen LogP contribution in [0.5, 0.6) is 0 Å². The maximum Gasteiger partial charge on any atom is 0.247 e. The van der Waals surface area contributed by atoms with Crippen molar-refractivity contribution in [2.75, 3.05) is 11.9 Å². The minimum Gasteiger partial charge on any atom is -0.314 e. The molecule has 100 valence electrons. The molecule has 1 saturated carbocycles. The predicted molar refractivity (Wildman–Crippen MR) is 75.6 cm³/mol. The molecule has 1 aromatic rings. The number of para-hydroxylation sites is 1. The maximum absolute atomic E-state index is 12.7. The summed E-state index contributed by atoms with van der Waals surface area (Å²) < 4.78 is 0. The van der Waals surface area contributed by atoms with Gasteiger partial charge in [0.05, 0.1) is 6.07 Å². The topological polar surface area (TPSA) is 44.1 Å². The number of carbonyl (C=O) groups excluding carboxylic acids is 1. The first-order chi connectivity index (χ1) is 9.19. The van der Waals surface area contributed by atoms with Gasteiger partial charge in [-0.25, -0.2) is 0 Å². The van der Waals surface area contributed by atoms with E-state index in [2.05, 4.69) is 6.07 Å². The van der Waals surface area contributed by atoms with E-state index >= 15 is 0 Å². The highest BCUT2D eigenvalue weighted by Gasteiger charge is 2.41. The normalized spacial score (nSPS) is 18.1. The fourth-order valence-corrected chi connectivity index (χ4v) is 2.80. The summed E-state index contributed by atoms with van der Waals surface area (Å²) in [7, 11) is 1.77. The van der Waals surface area contributed by atoms with Crippen molar-refractivity contribution >= 4 is 11.6 Å². The molecule has 19 heavy (non-hydrogen) atoms. The van der Waals surface area contributed by atoms with Crippen molar-refractivity contribution in [2.45, 2.75) is 38.5 Å². The number of benzene rings is 1. The van der Waals surface area contributed by atoms with E-state index in [1.54, 1.807) is 11.9 Å². The van der Waals surface area contributed by atoms with Crippen LogP contribution < -0.4 is 4.90 Å². The number of amides is 1. The molecule has 1 aliphatic carbocycles. The molecule has 0 atom stereocenters. The molecule has 3 heteroatoms. The average Bonchev–Trinajstić information content (AvgIpc) is 2.73. The number of hydrogen-bond donors (Lipinski definition) is 0. The minimum atomic E-state index is -0.818. The van der Waals surface area contributed by atoms with Gasteiger partial charge in [-0.05, 0) is 25.0 Å². The Labute approximate surface area is 114 Å². The lowest BCUT2D eigenvalue weighted by Crippen LogP contribution is -2.41. The second-order valence-corrected chi connectivity index (χ2v) is 5.31. The Morgan fingerprint density at radius 3 is 2.26 bits per heavy atom. The molecule has 0 heterocycles. The van der Waals surface area contributed by atoms with Gasteiger partial charge in [0.15, 0.2) is 0 Å².